The third kappa shape index (κ3) is 19.3. The van der Waals surface area contributed by atoms with E-state index in [9.17, 15) is 55.0 Å². The minimum atomic E-state index is -5.15. The number of benzene rings is 6. The van der Waals surface area contributed by atoms with E-state index in [1.54, 1.807) is 11.9 Å². The average molecular weight is 1410 g/mol. The Bertz CT molecular complexity index is 3740. The van der Waals surface area contributed by atoms with Crippen LogP contribution in [0.25, 0.3) is 11.1 Å². The highest BCUT2D eigenvalue weighted by Crippen LogP contribution is 2.49. The highest BCUT2D eigenvalue weighted by atomic mass is 19.4. The predicted molar refractivity (Wildman–Crippen MR) is 373 cm³/mol. The van der Waals surface area contributed by atoms with Crippen LogP contribution in [-0.2, 0) is 55.3 Å². The summed E-state index contributed by atoms with van der Waals surface area (Å²) in [5.74, 6) is -1.53. The molecule has 101 heavy (non-hydrogen) atoms. The molecule has 1 aliphatic carbocycles. The van der Waals surface area contributed by atoms with Crippen molar-refractivity contribution >= 4 is 29.5 Å². The molecule has 0 radical (unpaired) electrons. The van der Waals surface area contributed by atoms with E-state index in [0.717, 1.165) is 92.0 Å². The Labute approximate surface area is 588 Å². The standard InChI is InChI=1S/C78H95F7N8O8/c1-54-44-58(45-55(2)66(54)50-87(3)34-16-8-11-24-70(94)89(5)42-43-91-37-29-64(30-38-91)101-74(98)86-68-23-15-13-21-65(68)56-18-9-7-10-19-56)72(96)90(6)36-17-35-88(4)71(95)51-99-69-48-57-20-12-14-22-67(57)75(69)31-39-92(40-32-75)41-33-76(60-25-27-63(79)28-26-60)52-93(53-100-76)73(97)59-46-61(77(80,81)82)49-62(47-59)78(83,84)85/h7,9-10,12-15,18-23,25-28,44-47,49,64,69,71,95H,8,11,16-17,24,29-43,48,50-53H2,1-6H3,(H,86,98)/t69-,71?,76-/m0/s1. The number of unbranched alkanes of at least 4 members (excludes halogenated alkanes) is 2. The van der Waals surface area contributed by atoms with Crippen molar-refractivity contribution in [1.29, 1.82) is 0 Å². The van der Waals surface area contributed by atoms with E-state index in [2.05, 4.69) is 39.2 Å². The van der Waals surface area contributed by atoms with Crippen LogP contribution in [0.15, 0.2) is 133 Å². The number of piperidine rings is 2. The minimum Gasteiger partial charge on any atom is -0.446 e. The van der Waals surface area contributed by atoms with Crippen LogP contribution in [0.4, 0.5) is 41.2 Å². The predicted octanol–water partition coefficient (Wildman–Crippen LogP) is 13.4. The lowest BCUT2D eigenvalue weighted by Crippen LogP contribution is -2.50. The third-order valence-corrected chi connectivity index (χ3v) is 20.9. The van der Waals surface area contributed by atoms with Crippen LogP contribution in [0, 0.1) is 19.7 Å². The van der Waals surface area contributed by atoms with Gasteiger partial charge in [0.05, 0.1) is 36.1 Å². The van der Waals surface area contributed by atoms with Crippen LogP contribution < -0.4 is 5.32 Å². The Morgan fingerprint density at radius 2 is 1.34 bits per heavy atom. The lowest BCUT2D eigenvalue weighted by molar-refractivity contribution is -0.143. The van der Waals surface area contributed by atoms with E-state index in [-0.39, 0.29) is 55.1 Å². The molecule has 0 aromatic heterocycles. The first kappa shape index (κ1) is 75.9. The number of amides is 4. The number of carbonyl (C=O) groups excluding carboxylic acids is 4. The zero-order valence-electron chi connectivity index (χ0n) is 58.7. The van der Waals surface area contributed by atoms with Crippen molar-refractivity contribution in [2.24, 2.45) is 0 Å². The maximum Gasteiger partial charge on any atom is 0.416 e. The van der Waals surface area contributed by atoms with Gasteiger partial charge in [-0.15, -0.1) is 0 Å². The van der Waals surface area contributed by atoms with Crippen molar-refractivity contribution in [3.05, 3.63) is 195 Å². The fraction of sp³-hybridized carbons (Fsp3) is 0.487. The number of likely N-dealkylation sites (tertiary alicyclic amines) is 2. The molecule has 0 bridgehead atoms. The monoisotopic (exact) mass is 1400 g/mol. The van der Waals surface area contributed by atoms with Gasteiger partial charge in [-0.25, -0.2) is 9.18 Å². The summed E-state index contributed by atoms with van der Waals surface area (Å²) in [4.78, 5) is 67.0. The normalized spacial score (nSPS) is 18.5. The van der Waals surface area contributed by atoms with Gasteiger partial charge in [-0.3, -0.25) is 24.6 Å². The first-order chi connectivity index (χ1) is 48.2. The smallest absolute Gasteiger partial charge is 0.416 e. The molecule has 544 valence electrons. The highest BCUT2D eigenvalue weighted by molar-refractivity contribution is 5.95. The number of aryl methyl sites for hydroxylation is 2. The van der Waals surface area contributed by atoms with Crippen molar-refractivity contribution < 1.29 is 69.2 Å². The van der Waals surface area contributed by atoms with Gasteiger partial charge in [0.15, 0.2) is 0 Å². The Morgan fingerprint density at radius 1 is 0.693 bits per heavy atom. The van der Waals surface area contributed by atoms with Crippen molar-refractivity contribution in [2.45, 2.75) is 133 Å². The number of fused-ring (bicyclic) bond motifs is 2. The fourth-order valence-corrected chi connectivity index (χ4v) is 14.8. The molecule has 1 unspecified atom stereocenters. The van der Waals surface area contributed by atoms with E-state index in [4.69, 9.17) is 14.2 Å². The second kappa shape index (κ2) is 33.6. The molecule has 0 saturated carbocycles. The topological polar surface area (TPSA) is 151 Å². The molecule has 10 rings (SSSR count). The molecule has 4 aliphatic rings. The summed E-state index contributed by atoms with van der Waals surface area (Å²) in [5, 5.41) is 14.4. The number of halogens is 7. The molecule has 1 spiro atoms. The maximum absolute atomic E-state index is 14.3. The zero-order chi connectivity index (χ0) is 72.2. The van der Waals surface area contributed by atoms with Gasteiger partial charge in [0, 0.05) is 95.0 Å². The molecule has 3 aliphatic heterocycles. The lowest BCUT2D eigenvalue weighted by atomic mass is 9.72. The Kier molecular flexibility index (Phi) is 25.2. The van der Waals surface area contributed by atoms with Gasteiger partial charge < -0.3 is 48.7 Å². The molecule has 6 aromatic rings. The Morgan fingerprint density at radius 3 is 2.02 bits per heavy atom. The molecular formula is C78H95F7N8O8. The van der Waals surface area contributed by atoms with E-state index in [1.165, 1.54) is 41.0 Å². The Hall–Kier alpha value is -7.77. The lowest BCUT2D eigenvalue weighted by Gasteiger charge is -2.44. The molecule has 3 atom stereocenters. The number of hydrogen-bond donors (Lipinski definition) is 2. The SMILES string of the molecule is Cc1cc(C(=O)N(C)CCCN(C)C(O)CO[C@H]2Cc3ccccc3C23CCN(CC[C@@]2(c4ccc(F)cc4)CN(C(=O)c4cc(C(F)(F)F)cc(C(F)(F)F)c4)CO2)CC3)cc(C)c1CN(C)CCCCCC(=O)N(C)CCN1CCC(OC(=O)Nc2ccccc2-c2ccccc2)CC1. The number of anilines is 1. The molecule has 4 amide bonds. The van der Waals surface area contributed by atoms with Crippen LogP contribution >= 0.6 is 0 Å². The van der Waals surface area contributed by atoms with Crippen molar-refractivity contribution in [2.75, 3.05) is 119 Å². The van der Waals surface area contributed by atoms with Crippen molar-refractivity contribution in [3.8, 4) is 11.1 Å². The second-order valence-electron chi connectivity index (χ2n) is 28.0. The molecule has 3 fully saturated rings. The number of alkyl halides is 6. The quantitative estimate of drug-likeness (QED) is 0.0273. The fourth-order valence-electron chi connectivity index (χ4n) is 14.8. The summed E-state index contributed by atoms with van der Waals surface area (Å²) < 4.78 is 116. The van der Waals surface area contributed by atoms with Gasteiger partial charge >= 0.3 is 18.4 Å². The van der Waals surface area contributed by atoms with Crippen LogP contribution in [0.3, 0.4) is 0 Å². The number of nitrogens with zero attached hydrogens (tertiary/aromatic N) is 7. The summed E-state index contributed by atoms with van der Waals surface area (Å²) in [6.45, 7) is 10.8. The number of para-hydroxylation sites is 1. The van der Waals surface area contributed by atoms with Gasteiger partial charge in [0.25, 0.3) is 11.8 Å². The van der Waals surface area contributed by atoms with Gasteiger partial charge in [-0.05, 0) is 193 Å². The van der Waals surface area contributed by atoms with Crippen LogP contribution in [0.5, 0.6) is 0 Å². The van der Waals surface area contributed by atoms with Crippen molar-refractivity contribution in [3.63, 3.8) is 0 Å². The number of nitrogens with one attached hydrogen (secondary N) is 1. The van der Waals surface area contributed by atoms with E-state index in [0.29, 0.717) is 100 Å². The van der Waals surface area contributed by atoms with Crippen molar-refractivity contribution in [1.82, 2.24) is 34.3 Å². The Balaban J connectivity index is 0.617. The molecular weight excluding hydrogens is 1310 g/mol. The van der Waals surface area contributed by atoms with Gasteiger partial charge in [-0.2, -0.15) is 26.3 Å². The molecule has 3 saturated heterocycles. The van der Waals surface area contributed by atoms with Crippen LogP contribution in [0.1, 0.15) is 129 Å². The summed E-state index contributed by atoms with van der Waals surface area (Å²) >= 11 is 0. The van der Waals surface area contributed by atoms with E-state index >= 15 is 0 Å². The number of carbonyl (C=O) groups is 4. The summed E-state index contributed by atoms with van der Waals surface area (Å²) in [6.07, 6.45) is -4.49. The minimum absolute atomic E-state index is 0.0226. The van der Waals surface area contributed by atoms with Crippen LogP contribution in [-0.4, -0.2) is 195 Å². The third-order valence-electron chi connectivity index (χ3n) is 20.9. The molecule has 2 N–H and O–H groups in total. The zero-order valence-corrected chi connectivity index (χ0v) is 58.7. The number of likely N-dealkylation sites (N-methyl/N-ethyl adjacent to an activating group) is 2. The first-order valence-electron chi connectivity index (χ1n) is 35.1. The molecule has 23 heteroatoms. The summed E-state index contributed by atoms with van der Waals surface area (Å²) in [7, 11) is 7.59. The summed E-state index contributed by atoms with van der Waals surface area (Å²) in [6, 6.07) is 36.1. The van der Waals surface area contributed by atoms with E-state index < -0.39 is 65.4 Å². The average Bonchev–Trinajstić information content (AvgIpc) is 1.59. The maximum atomic E-state index is 14.3. The second-order valence-corrected chi connectivity index (χ2v) is 28.0. The summed E-state index contributed by atoms with van der Waals surface area (Å²) in [5.41, 5.74) is 3.80. The number of hydrogen-bond acceptors (Lipinski definition) is 12. The highest BCUT2D eigenvalue weighted by Gasteiger charge is 2.50. The van der Waals surface area contributed by atoms with Gasteiger partial charge in [0.2, 0.25) is 5.91 Å². The number of rotatable bonds is 28. The first-order valence-corrected chi connectivity index (χ1v) is 35.1. The number of aliphatic hydroxyl groups excluding tert-OH is 1. The molecule has 3 heterocycles. The van der Waals surface area contributed by atoms with E-state index in [1.807, 2.05) is 117 Å². The number of ether oxygens (including phenoxy) is 3. The van der Waals surface area contributed by atoms with Gasteiger partial charge in [-0.1, -0.05) is 91.3 Å². The molecule has 16 nitrogen and oxygen atoms in total. The number of aliphatic hydroxyl groups is 1. The van der Waals surface area contributed by atoms with Gasteiger partial charge in [0.1, 0.15) is 30.5 Å². The largest absolute Gasteiger partial charge is 0.446 e. The molecule has 6 aromatic carbocycles. The van der Waals surface area contributed by atoms with Crippen LogP contribution in [0.2, 0.25) is 0 Å².